The van der Waals surface area contributed by atoms with E-state index in [0.29, 0.717) is 0 Å². The maximum atomic E-state index is 12.7. The largest absolute Gasteiger partial charge is 0.377 e. The molecule has 0 aliphatic heterocycles. The quantitative estimate of drug-likeness (QED) is 0.787. The Balaban J connectivity index is 3.23. The fourth-order valence-electron chi connectivity index (χ4n) is 0.844. The molecule has 1 aromatic carbocycles. The summed E-state index contributed by atoms with van der Waals surface area (Å²) in [7, 11) is -4.90. The lowest BCUT2D eigenvalue weighted by molar-refractivity contribution is 0.0620. The molecule has 0 heterocycles. The molecule has 14 heavy (non-hydrogen) atoms. The van der Waals surface area contributed by atoms with Crippen molar-refractivity contribution in [2.45, 2.75) is 10.2 Å². The van der Waals surface area contributed by atoms with Gasteiger partial charge in [0.2, 0.25) is 9.84 Å². The lowest BCUT2D eigenvalue weighted by atomic mass is 10.4. The zero-order valence-electron chi connectivity index (χ0n) is 6.95. The smallest absolute Gasteiger partial charge is 0.243 e. The van der Waals surface area contributed by atoms with E-state index in [1.807, 2.05) is 0 Å². The van der Waals surface area contributed by atoms with Crippen molar-refractivity contribution in [3.63, 3.8) is 0 Å². The van der Waals surface area contributed by atoms with Crippen LogP contribution in [-0.4, -0.2) is 20.3 Å². The zero-order chi connectivity index (χ0) is 10.8. The maximum absolute atomic E-state index is 12.7. The van der Waals surface area contributed by atoms with Gasteiger partial charge in [0.25, 0.3) is 0 Å². The molecule has 0 amide bonds. The molecule has 0 saturated carbocycles. The van der Waals surface area contributed by atoms with Crippen molar-refractivity contribution in [2.24, 2.45) is 0 Å². The second kappa shape index (κ2) is 3.61. The third kappa shape index (κ3) is 1.75. The van der Waals surface area contributed by atoms with Crippen LogP contribution in [0.2, 0.25) is 0 Å². The highest BCUT2D eigenvalue weighted by molar-refractivity contribution is 7.92. The summed E-state index contributed by atoms with van der Waals surface area (Å²) < 4.78 is 59.3. The van der Waals surface area contributed by atoms with Crippen LogP contribution in [0.1, 0.15) is 0 Å². The number of hydrogen-bond acceptors (Lipinski definition) is 2. The van der Waals surface area contributed by atoms with Crippen LogP contribution in [0, 0.1) is 0 Å². The normalized spacial score (nSPS) is 12.8. The first kappa shape index (κ1) is 11.0. The van der Waals surface area contributed by atoms with Gasteiger partial charge in [-0.25, -0.2) is 12.8 Å². The van der Waals surface area contributed by atoms with Crippen LogP contribution >= 0.6 is 0 Å². The summed E-state index contributed by atoms with van der Waals surface area (Å²) in [4.78, 5) is -0.581. The molecule has 0 unspecified atom stereocenters. The van der Waals surface area contributed by atoms with Crippen LogP contribution in [0.5, 0.6) is 0 Å². The molecule has 0 aliphatic carbocycles. The number of sulfone groups is 1. The Kier molecular flexibility index (Phi) is 2.84. The number of alkyl halides is 3. The molecule has 2 nitrogen and oxygen atoms in total. The van der Waals surface area contributed by atoms with Gasteiger partial charge in [-0.05, 0) is 12.1 Å². The highest BCUT2D eigenvalue weighted by atomic mass is 32.2. The van der Waals surface area contributed by atoms with E-state index in [1.54, 1.807) is 0 Å². The standard InChI is InChI=1S/C8H7F3O2S/c9-6-8(10,11)14(12,13)7-4-2-1-3-5-7/h1-5H,6H2. The molecule has 0 radical (unpaired) electrons. The molecule has 0 aromatic heterocycles. The average molecular weight is 224 g/mol. The molecule has 0 bridgehead atoms. The van der Waals surface area contributed by atoms with Crippen molar-refractivity contribution in [3.05, 3.63) is 30.3 Å². The SMILES string of the molecule is O=S(=O)(c1ccccc1)C(F)(F)CF. The average Bonchev–Trinajstić information content (AvgIpc) is 2.19. The van der Waals surface area contributed by atoms with Gasteiger partial charge in [-0.3, -0.25) is 0 Å². The Morgan fingerprint density at radius 3 is 2.07 bits per heavy atom. The van der Waals surface area contributed by atoms with Crippen molar-refractivity contribution < 1.29 is 21.6 Å². The van der Waals surface area contributed by atoms with Gasteiger partial charge in [-0.1, -0.05) is 18.2 Å². The summed E-state index contributed by atoms with van der Waals surface area (Å²) in [5, 5.41) is -4.35. The molecule has 0 spiro atoms. The van der Waals surface area contributed by atoms with Crippen LogP contribution in [0.3, 0.4) is 0 Å². The maximum Gasteiger partial charge on any atom is 0.377 e. The summed E-state index contributed by atoms with van der Waals surface area (Å²) >= 11 is 0. The van der Waals surface area contributed by atoms with Gasteiger partial charge in [-0.15, -0.1) is 0 Å². The number of halogens is 3. The van der Waals surface area contributed by atoms with Crippen LogP contribution < -0.4 is 0 Å². The third-order valence-electron chi connectivity index (χ3n) is 1.60. The van der Waals surface area contributed by atoms with E-state index in [-0.39, 0.29) is 0 Å². The topological polar surface area (TPSA) is 34.1 Å². The van der Waals surface area contributed by atoms with Gasteiger partial charge in [0.1, 0.15) is 0 Å². The van der Waals surface area contributed by atoms with Crippen LogP contribution in [0.4, 0.5) is 13.2 Å². The van der Waals surface area contributed by atoms with Crippen molar-refractivity contribution in [3.8, 4) is 0 Å². The first-order valence-electron chi connectivity index (χ1n) is 3.65. The minimum atomic E-state index is -4.90. The zero-order valence-corrected chi connectivity index (χ0v) is 7.77. The molecule has 0 fully saturated rings. The minimum absolute atomic E-state index is 0.581. The fourth-order valence-corrected chi connectivity index (χ4v) is 1.85. The van der Waals surface area contributed by atoms with Gasteiger partial charge in [0, 0.05) is 0 Å². The predicted molar refractivity (Wildman–Crippen MR) is 44.5 cm³/mol. The Morgan fingerprint density at radius 1 is 1.14 bits per heavy atom. The van der Waals surface area contributed by atoms with Gasteiger partial charge in [0.05, 0.1) is 4.90 Å². The van der Waals surface area contributed by atoms with Crippen molar-refractivity contribution in [2.75, 3.05) is 6.67 Å². The Labute approximate surface area is 79.3 Å². The van der Waals surface area contributed by atoms with E-state index in [0.717, 1.165) is 12.1 Å². The molecule has 0 saturated heterocycles. The second-order valence-corrected chi connectivity index (χ2v) is 4.66. The molecule has 0 atom stereocenters. The number of benzene rings is 1. The fraction of sp³-hybridized carbons (Fsp3) is 0.250. The van der Waals surface area contributed by atoms with E-state index in [9.17, 15) is 21.6 Å². The highest BCUT2D eigenvalue weighted by Gasteiger charge is 2.46. The summed E-state index contributed by atoms with van der Waals surface area (Å²) in [6, 6.07) is 6.06. The monoisotopic (exact) mass is 224 g/mol. The van der Waals surface area contributed by atoms with E-state index < -0.39 is 26.7 Å². The summed E-state index contributed by atoms with van der Waals surface area (Å²) in [6.45, 7) is -2.22. The lowest BCUT2D eigenvalue weighted by Gasteiger charge is -2.12. The highest BCUT2D eigenvalue weighted by Crippen LogP contribution is 2.28. The first-order valence-corrected chi connectivity index (χ1v) is 5.13. The van der Waals surface area contributed by atoms with E-state index in [1.165, 1.54) is 18.2 Å². The molecule has 0 aliphatic rings. The van der Waals surface area contributed by atoms with Gasteiger partial charge >= 0.3 is 5.25 Å². The van der Waals surface area contributed by atoms with Crippen LogP contribution in [0.25, 0.3) is 0 Å². The van der Waals surface area contributed by atoms with Gasteiger partial charge in [0.15, 0.2) is 6.67 Å². The van der Waals surface area contributed by atoms with E-state index >= 15 is 0 Å². The summed E-state index contributed by atoms with van der Waals surface area (Å²) in [5.41, 5.74) is 0. The third-order valence-corrected chi connectivity index (χ3v) is 3.39. The number of rotatable bonds is 3. The van der Waals surface area contributed by atoms with Gasteiger partial charge in [-0.2, -0.15) is 8.78 Å². The van der Waals surface area contributed by atoms with Crippen molar-refractivity contribution in [1.29, 1.82) is 0 Å². The van der Waals surface area contributed by atoms with Crippen LogP contribution in [-0.2, 0) is 9.84 Å². The van der Waals surface area contributed by atoms with Crippen molar-refractivity contribution >= 4 is 9.84 Å². The Bertz CT molecular complexity index is 400. The van der Waals surface area contributed by atoms with E-state index in [4.69, 9.17) is 0 Å². The molecule has 1 rings (SSSR count). The lowest BCUT2D eigenvalue weighted by Crippen LogP contribution is -2.31. The summed E-state index contributed by atoms with van der Waals surface area (Å²) in [6.07, 6.45) is 0. The molecule has 0 N–H and O–H groups in total. The summed E-state index contributed by atoms with van der Waals surface area (Å²) in [5.74, 6) is 0. The first-order chi connectivity index (χ1) is 6.42. The Morgan fingerprint density at radius 2 is 1.64 bits per heavy atom. The predicted octanol–water partition coefficient (Wildman–Crippen LogP) is 2.02. The van der Waals surface area contributed by atoms with Crippen LogP contribution in [0.15, 0.2) is 35.2 Å². The molecule has 1 aromatic rings. The second-order valence-electron chi connectivity index (χ2n) is 2.59. The molecule has 78 valence electrons. The number of hydrogen-bond donors (Lipinski definition) is 0. The molecule has 6 heteroatoms. The van der Waals surface area contributed by atoms with Crippen molar-refractivity contribution in [1.82, 2.24) is 0 Å². The minimum Gasteiger partial charge on any atom is -0.243 e. The van der Waals surface area contributed by atoms with E-state index in [2.05, 4.69) is 0 Å². The molecular weight excluding hydrogens is 217 g/mol. The molecular formula is C8H7F3O2S. The Hall–Kier alpha value is -1.04. The van der Waals surface area contributed by atoms with Gasteiger partial charge < -0.3 is 0 Å².